The van der Waals surface area contributed by atoms with E-state index in [9.17, 15) is 27.0 Å². The molecule has 3 rings (SSSR count). The summed E-state index contributed by atoms with van der Waals surface area (Å²) < 4.78 is 62.5. The molecule has 1 aliphatic heterocycles. The number of sulfonamides is 1. The van der Waals surface area contributed by atoms with Crippen LogP contribution in [0, 0.1) is 0 Å². The van der Waals surface area contributed by atoms with Crippen LogP contribution >= 0.6 is 0 Å². The maximum atomic E-state index is 13.6. The first-order chi connectivity index (χ1) is 13.6. The van der Waals surface area contributed by atoms with Crippen LogP contribution in [-0.2, 0) is 19.9 Å². The Labute approximate surface area is 169 Å². The SMILES string of the molecule is COc1ccc(OC)c(S(=O)(=O)N(c2cccc(O)c2)[C@@H]2CS(=O)(=O)C[C@@H]2O)c1. The number of anilines is 1. The maximum Gasteiger partial charge on any atom is 0.268 e. The summed E-state index contributed by atoms with van der Waals surface area (Å²) in [6, 6.07) is 8.26. The van der Waals surface area contributed by atoms with Gasteiger partial charge in [-0.2, -0.15) is 0 Å². The van der Waals surface area contributed by atoms with Gasteiger partial charge in [-0.1, -0.05) is 6.07 Å². The number of sulfone groups is 1. The molecule has 0 spiro atoms. The van der Waals surface area contributed by atoms with E-state index < -0.39 is 43.5 Å². The minimum absolute atomic E-state index is 0.0102. The summed E-state index contributed by atoms with van der Waals surface area (Å²) in [5.41, 5.74) is 0.0102. The normalized spacial score (nSPS) is 20.9. The Morgan fingerprint density at radius 1 is 1.07 bits per heavy atom. The molecule has 0 radical (unpaired) electrons. The van der Waals surface area contributed by atoms with Crippen LogP contribution in [0.1, 0.15) is 0 Å². The predicted molar refractivity (Wildman–Crippen MR) is 106 cm³/mol. The molecule has 2 N–H and O–H groups in total. The van der Waals surface area contributed by atoms with Gasteiger partial charge in [0.25, 0.3) is 10.0 Å². The number of phenolic OH excluding ortho intramolecular Hbond substituents is 1. The zero-order valence-electron chi connectivity index (χ0n) is 15.7. The third-order valence-electron chi connectivity index (χ3n) is 4.59. The van der Waals surface area contributed by atoms with Gasteiger partial charge in [0.1, 0.15) is 22.1 Å². The van der Waals surface area contributed by atoms with Gasteiger partial charge in [-0.25, -0.2) is 16.8 Å². The van der Waals surface area contributed by atoms with Gasteiger partial charge < -0.3 is 19.7 Å². The van der Waals surface area contributed by atoms with E-state index in [2.05, 4.69) is 0 Å². The number of ether oxygens (including phenoxy) is 2. The highest BCUT2D eigenvalue weighted by atomic mass is 32.2. The fourth-order valence-electron chi connectivity index (χ4n) is 3.26. The Balaban J connectivity index is 2.24. The molecule has 29 heavy (non-hydrogen) atoms. The summed E-state index contributed by atoms with van der Waals surface area (Å²) in [5.74, 6) is -1.06. The Morgan fingerprint density at radius 3 is 2.34 bits per heavy atom. The van der Waals surface area contributed by atoms with Crippen LogP contribution in [0.5, 0.6) is 17.2 Å². The summed E-state index contributed by atoms with van der Waals surface area (Å²) >= 11 is 0. The fraction of sp³-hybridized carbons (Fsp3) is 0.333. The van der Waals surface area contributed by atoms with Crippen LogP contribution < -0.4 is 13.8 Å². The van der Waals surface area contributed by atoms with Crippen molar-refractivity contribution in [2.24, 2.45) is 0 Å². The molecule has 2 atom stereocenters. The number of aromatic hydroxyl groups is 1. The van der Waals surface area contributed by atoms with Crippen molar-refractivity contribution in [1.82, 2.24) is 0 Å². The van der Waals surface area contributed by atoms with E-state index in [1.165, 1.54) is 56.7 Å². The van der Waals surface area contributed by atoms with Crippen molar-refractivity contribution in [3.63, 3.8) is 0 Å². The van der Waals surface area contributed by atoms with Crippen LogP contribution in [0.25, 0.3) is 0 Å². The molecule has 2 aromatic rings. The lowest BCUT2D eigenvalue weighted by molar-refractivity contribution is 0.184. The van der Waals surface area contributed by atoms with Gasteiger partial charge in [0.15, 0.2) is 9.84 Å². The number of hydrogen-bond acceptors (Lipinski definition) is 8. The molecular formula is C18H21NO8S2. The van der Waals surface area contributed by atoms with Gasteiger partial charge in [-0.05, 0) is 24.3 Å². The topological polar surface area (TPSA) is 130 Å². The summed E-state index contributed by atoms with van der Waals surface area (Å²) in [6.07, 6.45) is -1.44. The number of rotatable bonds is 6. The second-order valence-corrected chi connectivity index (χ2v) is 10.5. The molecule has 0 saturated carbocycles. The Bertz CT molecular complexity index is 1110. The second kappa shape index (κ2) is 7.73. The lowest BCUT2D eigenvalue weighted by atomic mass is 10.2. The van der Waals surface area contributed by atoms with E-state index in [0.29, 0.717) is 0 Å². The predicted octanol–water partition coefficient (Wildman–Crippen LogP) is 0.763. The highest BCUT2D eigenvalue weighted by Gasteiger charge is 2.45. The first-order valence-electron chi connectivity index (χ1n) is 8.53. The lowest BCUT2D eigenvalue weighted by Crippen LogP contribution is -2.47. The zero-order chi connectivity index (χ0) is 21.4. The van der Waals surface area contributed by atoms with Crippen LogP contribution in [0.2, 0.25) is 0 Å². The van der Waals surface area contributed by atoms with E-state index in [4.69, 9.17) is 9.47 Å². The van der Waals surface area contributed by atoms with E-state index in [0.717, 1.165) is 4.31 Å². The van der Waals surface area contributed by atoms with Crippen molar-refractivity contribution in [1.29, 1.82) is 0 Å². The van der Waals surface area contributed by atoms with Crippen molar-refractivity contribution in [2.75, 3.05) is 30.0 Å². The van der Waals surface area contributed by atoms with Crippen molar-refractivity contribution in [2.45, 2.75) is 17.0 Å². The highest BCUT2D eigenvalue weighted by Crippen LogP contribution is 2.37. The number of aliphatic hydroxyl groups is 1. The molecule has 0 aliphatic carbocycles. The Kier molecular flexibility index (Phi) is 5.65. The van der Waals surface area contributed by atoms with Crippen molar-refractivity contribution in [3.05, 3.63) is 42.5 Å². The van der Waals surface area contributed by atoms with E-state index >= 15 is 0 Å². The van der Waals surface area contributed by atoms with Crippen molar-refractivity contribution >= 4 is 25.5 Å². The second-order valence-electron chi connectivity index (χ2n) is 6.55. The van der Waals surface area contributed by atoms with Gasteiger partial charge in [-0.15, -0.1) is 0 Å². The summed E-state index contributed by atoms with van der Waals surface area (Å²) in [5, 5.41) is 20.2. The van der Waals surface area contributed by atoms with E-state index in [1.807, 2.05) is 0 Å². The summed E-state index contributed by atoms with van der Waals surface area (Å²) in [7, 11) is -5.40. The molecule has 9 nitrogen and oxygen atoms in total. The number of phenols is 1. The lowest BCUT2D eigenvalue weighted by Gasteiger charge is -2.32. The highest BCUT2D eigenvalue weighted by molar-refractivity contribution is 7.93. The van der Waals surface area contributed by atoms with Gasteiger partial charge >= 0.3 is 0 Å². The smallest absolute Gasteiger partial charge is 0.268 e. The Morgan fingerprint density at radius 2 is 1.79 bits per heavy atom. The molecule has 158 valence electrons. The van der Waals surface area contributed by atoms with Gasteiger partial charge in [0, 0.05) is 12.1 Å². The van der Waals surface area contributed by atoms with Gasteiger partial charge in [-0.3, -0.25) is 4.31 Å². The minimum atomic E-state index is -4.42. The largest absolute Gasteiger partial charge is 0.508 e. The molecule has 0 amide bonds. The third-order valence-corrected chi connectivity index (χ3v) is 8.16. The molecule has 1 heterocycles. The molecule has 1 aliphatic rings. The molecule has 1 saturated heterocycles. The van der Waals surface area contributed by atoms with Crippen LogP contribution in [0.3, 0.4) is 0 Å². The monoisotopic (exact) mass is 443 g/mol. The molecule has 2 aromatic carbocycles. The first-order valence-corrected chi connectivity index (χ1v) is 11.8. The molecular weight excluding hydrogens is 422 g/mol. The summed E-state index contributed by atoms with van der Waals surface area (Å²) in [4.78, 5) is -0.265. The standard InChI is InChI=1S/C18H21NO8S2/c1-26-14-6-7-17(27-2)18(9-14)29(24,25)19(12-4-3-5-13(20)8-12)15-10-28(22,23)11-16(15)21/h3-9,15-16,20-21H,10-11H2,1-2H3/t15-,16+/m1/s1. The molecule has 0 unspecified atom stereocenters. The van der Waals surface area contributed by atoms with Crippen LogP contribution in [-0.4, -0.2) is 64.9 Å². The average Bonchev–Trinajstić information content (AvgIpc) is 2.93. The van der Waals surface area contributed by atoms with E-state index in [1.54, 1.807) is 0 Å². The molecule has 11 heteroatoms. The maximum absolute atomic E-state index is 13.6. The van der Waals surface area contributed by atoms with Crippen molar-refractivity contribution in [3.8, 4) is 17.2 Å². The van der Waals surface area contributed by atoms with Gasteiger partial charge in [0.2, 0.25) is 0 Å². The molecule has 0 bridgehead atoms. The number of benzene rings is 2. The quantitative estimate of drug-likeness (QED) is 0.669. The summed E-state index contributed by atoms with van der Waals surface area (Å²) in [6.45, 7) is 0. The van der Waals surface area contributed by atoms with Gasteiger partial charge in [0.05, 0.1) is 43.6 Å². The van der Waals surface area contributed by atoms with Crippen molar-refractivity contribution < 1.29 is 36.5 Å². The van der Waals surface area contributed by atoms with E-state index in [-0.39, 0.29) is 27.8 Å². The number of nitrogens with zero attached hydrogens (tertiary/aromatic N) is 1. The number of methoxy groups -OCH3 is 2. The minimum Gasteiger partial charge on any atom is -0.508 e. The number of aliphatic hydroxyl groups excluding tert-OH is 1. The fourth-order valence-corrected chi connectivity index (χ4v) is 6.97. The first kappa shape index (κ1) is 21.2. The van der Waals surface area contributed by atoms with Crippen LogP contribution in [0.4, 0.5) is 5.69 Å². The Hall–Kier alpha value is -2.50. The van der Waals surface area contributed by atoms with Crippen LogP contribution in [0.15, 0.2) is 47.4 Å². The average molecular weight is 443 g/mol. The zero-order valence-corrected chi connectivity index (χ0v) is 17.4. The molecule has 0 aromatic heterocycles. The third kappa shape index (κ3) is 4.11. The molecule has 1 fully saturated rings. The number of hydrogen-bond donors (Lipinski definition) is 2.